The van der Waals surface area contributed by atoms with Gasteiger partial charge in [0.2, 0.25) is 5.91 Å². The summed E-state index contributed by atoms with van der Waals surface area (Å²) in [6, 6.07) is 12.2. The SMILES string of the molecule is C=CC(=O)N1CCN(c2nc(OCCN3CCCC3)nc3c2CCN(c2cc(O)cc4ccccc24)C3)CC1. The lowest BCUT2D eigenvalue weighted by Crippen LogP contribution is -2.49. The summed E-state index contributed by atoms with van der Waals surface area (Å²) in [6.45, 7) is 11.4. The van der Waals surface area contributed by atoms with Gasteiger partial charge in [-0.2, -0.15) is 9.97 Å². The molecule has 39 heavy (non-hydrogen) atoms. The van der Waals surface area contributed by atoms with Crippen LogP contribution >= 0.6 is 0 Å². The van der Waals surface area contributed by atoms with Crippen LogP contribution in [0.15, 0.2) is 49.1 Å². The molecule has 1 aromatic heterocycles. The number of ether oxygens (including phenoxy) is 1. The highest BCUT2D eigenvalue weighted by atomic mass is 16.5. The maximum absolute atomic E-state index is 12.1. The summed E-state index contributed by atoms with van der Waals surface area (Å²) in [7, 11) is 0. The topological polar surface area (TPSA) is 85.3 Å². The number of hydrogen-bond donors (Lipinski definition) is 1. The van der Waals surface area contributed by atoms with Gasteiger partial charge in [0, 0.05) is 62.0 Å². The Morgan fingerprint density at radius 1 is 1.00 bits per heavy atom. The van der Waals surface area contributed by atoms with Crippen LogP contribution in [0.2, 0.25) is 0 Å². The van der Waals surface area contributed by atoms with Crippen LogP contribution in [0.3, 0.4) is 0 Å². The van der Waals surface area contributed by atoms with Crippen molar-refractivity contribution < 1.29 is 14.6 Å². The van der Waals surface area contributed by atoms with Gasteiger partial charge in [0.05, 0.1) is 12.2 Å². The molecule has 0 aliphatic carbocycles. The van der Waals surface area contributed by atoms with Crippen molar-refractivity contribution >= 4 is 28.2 Å². The van der Waals surface area contributed by atoms with Gasteiger partial charge in [-0.25, -0.2) is 0 Å². The van der Waals surface area contributed by atoms with E-state index >= 15 is 0 Å². The number of nitrogens with zero attached hydrogens (tertiary/aromatic N) is 6. The van der Waals surface area contributed by atoms with Crippen molar-refractivity contribution in [1.29, 1.82) is 0 Å². The fraction of sp³-hybridized carbons (Fsp3) is 0.433. The number of aromatic nitrogens is 2. The molecule has 204 valence electrons. The molecule has 1 amide bonds. The molecule has 9 nitrogen and oxygen atoms in total. The molecule has 0 radical (unpaired) electrons. The lowest BCUT2D eigenvalue weighted by Gasteiger charge is -2.38. The van der Waals surface area contributed by atoms with Gasteiger partial charge in [-0.05, 0) is 49.9 Å². The number of aromatic hydroxyl groups is 1. The van der Waals surface area contributed by atoms with Crippen LogP contribution in [0, 0.1) is 0 Å². The minimum Gasteiger partial charge on any atom is -0.508 e. The summed E-state index contributed by atoms with van der Waals surface area (Å²) in [6.07, 6.45) is 4.67. The smallest absolute Gasteiger partial charge is 0.318 e. The monoisotopic (exact) mass is 528 g/mol. The van der Waals surface area contributed by atoms with E-state index in [9.17, 15) is 9.90 Å². The first kappa shape index (κ1) is 25.4. The van der Waals surface area contributed by atoms with Crippen LogP contribution in [0.1, 0.15) is 24.1 Å². The molecule has 9 heteroatoms. The maximum Gasteiger partial charge on any atom is 0.318 e. The normalized spacial score (nSPS) is 17.9. The number of fused-ring (bicyclic) bond motifs is 2. The predicted octanol–water partition coefficient (Wildman–Crippen LogP) is 3.21. The number of anilines is 2. The molecule has 3 aliphatic heterocycles. The Labute approximate surface area is 229 Å². The van der Waals surface area contributed by atoms with E-state index in [1.165, 1.54) is 18.9 Å². The summed E-state index contributed by atoms with van der Waals surface area (Å²) >= 11 is 0. The quantitative estimate of drug-likeness (QED) is 0.468. The Morgan fingerprint density at radius 2 is 1.79 bits per heavy atom. The second-order valence-electron chi connectivity index (χ2n) is 10.5. The van der Waals surface area contributed by atoms with E-state index in [-0.39, 0.29) is 11.7 Å². The number of hydrogen-bond acceptors (Lipinski definition) is 8. The zero-order chi connectivity index (χ0) is 26.8. The van der Waals surface area contributed by atoms with Crippen molar-refractivity contribution in [3.05, 3.63) is 60.3 Å². The Kier molecular flexibility index (Phi) is 7.24. The largest absolute Gasteiger partial charge is 0.508 e. The van der Waals surface area contributed by atoms with Gasteiger partial charge in [-0.1, -0.05) is 30.8 Å². The minimum atomic E-state index is -0.0284. The van der Waals surface area contributed by atoms with Crippen LogP contribution in [-0.4, -0.2) is 89.7 Å². The number of carbonyl (C=O) groups excluding carboxylic acids is 1. The van der Waals surface area contributed by atoms with Gasteiger partial charge >= 0.3 is 6.01 Å². The second-order valence-corrected chi connectivity index (χ2v) is 10.5. The van der Waals surface area contributed by atoms with E-state index in [0.29, 0.717) is 45.3 Å². The fourth-order valence-electron chi connectivity index (χ4n) is 6.00. The molecule has 0 bridgehead atoms. The molecule has 2 aromatic carbocycles. The van der Waals surface area contributed by atoms with Gasteiger partial charge in [-0.15, -0.1) is 0 Å². The van der Waals surface area contributed by atoms with E-state index in [0.717, 1.165) is 66.1 Å². The molecular weight excluding hydrogens is 492 g/mol. The average Bonchev–Trinajstić information content (AvgIpc) is 3.49. The highest BCUT2D eigenvalue weighted by Gasteiger charge is 2.29. The fourth-order valence-corrected chi connectivity index (χ4v) is 6.00. The molecule has 3 aliphatic rings. The van der Waals surface area contributed by atoms with Crippen molar-refractivity contribution in [3.8, 4) is 11.8 Å². The average molecular weight is 529 g/mol. The molecule has 6 rings (SSSR count). The first-order chi connectivity index (χ1) is 19.1. The lowest BCUT2D eigenvalue weighted by molar-refractivity contribution is -0.126. The van der Waals surface area contributed by atoms with Gasteiger partial charge in [0.15, 0.2) is 0 Å². The number of phenols is 1. The highest BCUT2D eigenvalue weighted by molar-refractivity contribution is 5.95. The molecule has 0 unspecified atom stereocenters. The summed E-state index contributed by atoms with van der Waals surface area (Å²) in [5.74, 6) is 1.15. The van der Waals surface area contributed by atoms with E-state index in [1.807, 2.05) is 29.2 Å². The molecule has 3 aromatic rings. The van der Waals surface area contributed by atoms with E-state index in [1.54, 1.807) is 6.07 Å². The number of phenolic OH excluding ortho intramolecular Hbond substituents is 1. The van der Waals surface area contributed by atoms with Crippen LogP contribution in [0.25, 0.3) is 10.8 Å². The third-order valence-electron chi connectivity index (χ3n) is 8.09. The van der Waals surface area contributed by atoms with Crippen molar-refractivity contribution in [3.63, 3.8) is 0 Å². The first-order valence-corrected chi connectivity index (χ1v) is 14.0. The van der Waals surface area contributed by atoms with Crippen LogP contribution in [0.5, 0.6) is 11.8 Å². The standard InChI is InChI=1S/C30H36N6O3/c1-2-28(38)34-13-15-35(16-14-34)29-25-9-12-36(27-20-23(37)19-22-7-3-4-8-24(22)27)21-26(25)31-30(32-29)39-18-17-33-10-5-6-11-33/h2-4,7-8,19-20,37H,1,5-6,9-18,21H2. The van der Waals surface area contributed by atoms with Crippen molar-refractivity contribution in [2.45, 2.75) is 25.8 Å². The van der Waals surface area contributed by atoms with Gasteiger partial charge < -0.3 is 24.5 Å². The first-order valence-electron chi connectivity index (χ1n) is 14.0. The molecule has 1 N–H and O–H groups in total. The van der Waals surface area contributed by atoms with Gasteiger partial charge in [0.1, 0.15) is 18.2 Å². The van der Waals surface area contributed by atoms with Gasteiger partial charge in [-0.3, -0.25) is 9.69 Å². The Balaban J connectivity index is 1.28. The minimum absolute atomic E-state index is 0.0284. The third-order valence-corrected chi connectivity index (χ3v) is 8.09. The number of benzene rings is 2. The van der Waals surface area contributed by atoms with E-state index in [4.69, 9.17) is 14.7 Å². The summed E-state index contributed by atoms with van der Waals surface area (Å²) in [4.78, 5) is 30.8. The maximum atomic E-state index is 12.1. The summed E-state index contributed by atoms with van der Waals surface area (Å²) < 4.78 is 6.15. The van der Waals surface area contributed by atoms with Crippen LogP contribution in [0.4, 0.5) is 11.5 Å². The third kappa shape index (κ3) is 5.36. The lowest BCUT2D eigenvalue weighted by atomic mass is 10.0. The zero-order valence-electron chi connectivity index (χ0n) is 22.4. The highest BCUT2D eigenvalue weighted by Crippen LogP contribution is 2.36. The molecule has 0 saturated carbocycles. The number of piperazine rings is 1. The van der Waals surface area contributed by atoms with Crippen molar-refractivity contribution in [2.24, 2.45) is 0 Å². The molecular formula is C30H36N6O3. The Morgan fingerprint density at radius 3 is 2.59 bits per heavy atom. The zero-order valence-corrected chi connectivity index (χ0v) is 22.4. The number of likely N-dealkylation sites (tertiary alicyclic amines) is 1. The summed E-state index contributed by atoms with van der Waals surface area (Å²) in [5.41, 5.74) is 3.11. The summed E-state index contributed by atoms with van der Waals surface area (Å²) in [5, 5.41) is 12.6. The van der Waals surface area contributed by atoms with E-state index < -0.39 is 0 Å². The Bertz CT molecular complexity index is 1360. The molecule has 0 spiro atoms. The van der Waals surface area contributed by atoms with Crippen LogP contribution in [-0.2, 0) is 17.8 Å². The Hall–Kier alpha value is -3.85. The van der Waals surface area contributed by atoms with Gasteiger partial charge in [0.25, 0.3) is 0 Å². The van der Waals surface area contributed by atoms with Crippen molar-refractivity contribution in [1.82, 2.24) is 19.8 Å². The number of rotatable bonds is 7. The second kappa shape index (κ2) is 11.1. The number of carbonyl (C=O) groups is 1. The molecule has 4 heterocycles. The van der Waals surface area contributed by atoms with E-state index in [2.05, 4.69) is 27.3 Å². The molecule has 2 fully saturated rings. The van der Waals surface area contributed by atoms with Crippen LogP contribution < -0.4 is 14.5 Å². The predicted molar refractivity (Wildman–Crippen MR) is 153 cm³/mol. The molecule has 2 saturated heterocycles. The molecule has 0 atom stereocenters. The van der Waals surface area contributed by atoms with Crippen molar-refractivity contribution in [2.75, 3.05) is 68.8 Å². The number of amides is 1.